The fourth-order valence-corrected chi connectivity index (χ4v) is 2.96. The number of rotatable bonds is 4. The van der Waals surface area contributed by atoms with E-state index < -0.39 is 5.91 Å². The Morgan fingerprint density at radius 3 is 2.26 bits per heavy atom. The van der Waals surface area contributed by atoms with Gasteiger partial charge in [-0.05, 0) is 54.6 Å². The second-order valence-electron chi connectivity index (χ2n) is 5.49. The second kappa shape index (κ2) is 8.32. The third kappa shape index (κ3) is 4.93. The molecule has 0 fully saturated rings. The van der Waals surface area contributed by atoms with Crippen molar-refractivity contribution in [3.8, 4) is 17.4 Å². The van der Waals surface area contributed by atoms with Gasteiger partial charge < -0.3 is 9.73 Å². The van der Waals surface area contributed by atoms with Crippen molar-refractivity contribution in [2.24, 2.45) is 0 Å². The van der Waals surface area contributed by atoms with Crippen LogP contribution in [0.4, 0.5) is 5.69 Å². The Morgan fingerprint density at radius 1 is 0.963 bits per heavy atom. The molecule has 0 aliphatic rings. The van der Waals surface area contributed by atoms with Crippen LogP contribution in [0.1, 0.15) is 5.76 Å². The van der Waals surface area contributed by atoms with Crippen LogP contribution in [0, 0.1) is 11.3 Å². The quantitative estimate of drug-likeness (QED) is 0.392. The summed E-state index contributed by atoms with van der Waals surface area (Å²) < 4.78 is 5.69. The molecule has 3 aromatic rings. The number of furan rings is 1. The van der Waals surface area contributed by atoms with E-state index in [1.165, 1.54) is 6.08 Å². The highest BCUT2D eigenvalue weighted by Gasteiger charge is 2.12. The van der Waals surface area contributed by atoms with Gasteiger partial charge in [0.15, 0.2) is 0 Å². The van der Waals surface area contributed by atoms with Gasteiger partial charge in [0, 0.05) is 32.4 Å². The number of anilines is 1. The van der Waals surface area contributed by atoms with Gasteiger partial charge in [0.05, 0.1) is 0 Å². The molecule has 0 radical (unpaired) electrons. The Bertz CT molecular complexity index is 1040. The van der Waals surface area contributed by atoms with Crippen molar-refractivity contribution in [3.05, 3.63) is 81.0 Å². The van der Waals surface area contributed by atoms with Crippen LogP contribution in [0.15, 0.2) is 64.6 Å². The molecule has 1 aromatic heterocycles. The molecule has 0 saturated carbocycles. The zero-order valence-electron chi connectivity index (χ0n) is 13.7. The van der Waals surface area contributed by atoms with Gasteiger partial charge >= 0.3 is 0 Å². The van der Waals surface area contributed by atoms with Gasteiger partial charge in [-0.2, -0.15) is 5.26 Å². The van der Waals surface area contributed by atoms with Crippen LogP contribution in [0.5, 0.6) is 0 Å². The summed E-state index contributed by atoms with van der Waals surface area (Å²) in [6, 6.07) is 16.8. The highest BCUT2D eigenvalue weighted by atomic mass is 35.5. The van der Waals surface area contributed by atoms with Crippen molar-refractivity contribution in [1.82, 2.24) is 0 Å². The van der Waals surface area contributed by atoms with Crippen molar-refractivity contribution in [2.75, 3.05) is 5.32 Å². The molecule has 2 aromatic carbocycles. The zero-order valence-corrected chi connectivity index (χ0v) is 15.9. The van der Waals surface area contributed by atoms with Crippen molar-refractivity contribution in [3.63, 3.8) is 0 Å². The number of nitrogens with one attached hydrogen (secondary N) is 1. The minimum absolute atomic E-state index is 0.102. The second-order valence-corrected chi connectivity index (χ2v) is 6.80. The molecule has 0 aliphatic carbocycles. The monoisotopic (exact) mass is 416 g/mol. The van der Waals surface area contributed by atoms with Gasteiger partial charge in [0.2, 0.25) is 0 Å². The van der Waals surface area contributed by atoms with E-state index >= 15 is 0 Å². The normalized spacial score (nSPS) is 11.1. The number of hydrogen-bond acceptors (Lipinski definition) is 3. The van der Waals surface area contributed by atoms with Crippen LogP contribution in [-0.4, -0.2) is 5.91 Å². The molecule has 0 aliphatic heterocycles. The average Bonchev–Trinajstić information content (AvgIpc) is 3.09. The van der Waals surface area contributed by atoms with E-state index in [2.05, 4.69) is 5.32 Å². The van der Waals surface area contributed by atoms with Gasteiger partial charge in [-0.15, -0.1) is 0 Å². The van der Waals surface area contributed by atoms with Gasteiger partial charge in [0.25, 0.3) is 5.91 Å². The summed E-state index contributed by atoms with van der Waals surface area (Å²) in [6.07, 6.45) is 1.36. The number of nitrogens with zero attached hydrogens (tertiary/aromatic N) is 1. The SMILES string of the molecule is N#C/C(=C\c1ccc(-c2cc(Cl)cc(Cl)c2)o1)C(=O)Nc1ccc(Cl)cc1. The minimum atomic E-state index is -0.552. The lowest BCUT2D eigenvalue weighted by Gasteiger charge is -2.03. The van der Waals surface area contributed by atoms with Crippen LogP contribution in [0.25, 0.3) is 17.4 Å². The number of amides is 1. The molecule has 0 spiro atoms. The first-order valence-corrected chi connectivity index (χ1v) is 8.83. The predicted molar refractivity (Wildman–Crippen MR) is 108 cm³/mol. The largest absolute Gasteiger partial charge is 0.457 e. The lowest BCUT2D eigenvalue weighted by molar-refractivity contribution is -0.112. The minimum Gasteiger partial charge on any atom is -0.457 e. The maximum absolute atomic E-state index is 12.3. The molecular weight excluding hydrogens is 407 g/mol. The lowest BCUT2D eigenvalue weighted by atomic mass is 10.2. The highest BCUT2D eigenvalue weighted by molar-refractivity contribution is 6.35. The molecule has 0 bridgehead atoms. The smallest absolute Gasteiger partial charge is 0.266 e. The molecule has 1 N–H and O–H groups in total. The molecule has 1 amide bonds. The topological polar surface area (TPSA) is 66.0 Å². The Kier molecular flexibility index (Phi) is 5.88. The van der Waals surface area contributed by atoms with Crippen molar-refractivity contribution >= 4 is 52.5 Å². The molecule has 0 saturated heterocycles. The van der Waals surface area contributed by atoms with E-state index in [0.29, 0.717) is 37.8 Å². The van der Waals surface area contributed by atoms with E-state index in [1.807, 2.05) is 6.07 Å². The number of nitriles is 1. The first-order chi connectivity index (χ1) is 12.9. The Morgan fingerprint density at radius 2 is 1.63 bits per heavy atom. The number of hydrogen-bond donors (Lipinski definition) is 1. The molecule has 3 rings (SSSR count). The van der Waals surface area contributed by atoms with Crippen molar-refractivity contribution < 1.29 is 9.21 Å². The Labute approximate surface area is 170 Å². The van der Waals surface area contributed by atoms with Crippen molar-refractivity contribution in [2.45, 2.75) is 0 Å². The predicted octanol–water partition coefficient (Wildman–Crippen LogP) is 6.45. The first-order valence-electron chi connectivity index (χ1n) is 7.69. The van der Waals surface area contributed by atoms with E-state index in [-0.39, 0.29) is 5.57 Å². The van der Waals surface area contributed by atoms with E-state index in [9.17, 15) is 10.1 Å². The van der Waals surface area contributed by atoms with Crippen molar-refractivity contribution in [1.29, 1.82) is 5.26 Å². The standard InChI is InChI=1S/C20H11Cl3N2O2/c21-14-1-3-17(4-2-14)25-20(26)13(11-24)9-18-5-6-19(27-18)12-7-15(22)10-16(23)8-12/h1-10H,(H,25,26)/b13-9+. The maximum Gasteiger partial charge on any atom is 0.266 e. The molecule has 134 valence electrons. The van der Waals surface area contributed by atoms with Crippen LogP contribution < -0.4 is 5.32 Å². The third-order valence-electron chi connectivity index (χ3n) is 3.53. The maximum atomic E-state index is 12.3. The van der Waals surface area contributed by atoms with Gasteiger partial charge in [0.1, 0.15) is 23.2 Å². The molecule has 27 heavy (non-hydrogen) atoms. The molecule has 1 heterocycles. The summed E-state index contributed by atoms with van der Waals surface area (Å²) in [5.74, 6) is 0.313. The molecule has 4 nitrogen and oxygen atoms in total. The fourth-order valence-electron chi connectivity index (χ4n) is 2.30. The molecule has 0 atom stereocenters. The number of carbonyl (C=O) groups is 1. The van der Waals surface area contributed by atoms with Crippen LogP contribution >= 0.6 is 34.8 Å². The van der Waals surface area contributed by atoms with Gasteiger partial charge in [-0.25, -0.2) is 0 Å². The molecular formula is C20H11Cl3N2O2. The average molecular weight is 418 g/mol. The fraction of sp³-hybridized carbons (Fsp3) is 0. The summed E-state index contributed by atoms with van der Waals surface area (Å²) in [6.45, 7) is 0. The summed E-state index contributed by atoms with van der Waals surface area (Å²) in [4.78, 5) is 12.3. The van der Waals surface area contributed by atoms with Crippen LogP contribution in [-0.2, 0) is 4.79 Å². The summed E-state index contributed by atoms with van der Waals surface area (Å²) in [5.41, 5.74) is 1.12. The Hall–Kier alpha value is -2.71. The summed E-state index contributed by atoms with van der Waals surface area (Å²) in [5, 5.41) is 13.4. The number of benzene rings is 2. The van der Waals surface area contributed by atoms with Crippen LogP contribution in [0.3, 0.4) is 0 Å². The van der Waals surface area contributed by atoms with Gasteiger partial charge in [-0.1, -0.05) is 34.8 Å². The lowest BCUT2D eigenvalue weighted by Crippen LogP contribution is -2.13. The summed E-state index contributed by atoms with van der Waals surface area (Å²) in [7, 11) is 0. The van der Waals surface area contributed by atoms with E-state index in [0.717, 1.165) is 0 Å². The number of halogens is 3. The van der Waals surface area contributed by atoms with E-state index in [1.54, 1.807) is 54.6 Å². The zero-order chi connectivity index (χ0) is 19.4. The third-order valence-corrected chi connectivity index (χ3v) is 4.22. The van der Waals surface area contributed by atoms with E-state index in [4.69, 9.17) is 39.2 Å². The summed E-state index contributed by atoms with van der Waals surface area (Å²) >= 11 is 17.8. The van der Waals surface area contributed by atoms with Gasteiger partial charge in [-0.3, -0.25) is 4.79 Å². The molecule has 0 unspecified atom stereocenters. The number of carbonyl (C=O) groups excluding carboxylic acids is 1. The Balaban J connectivity index is 1.81. The van der Waals surface area contributed by atoms with Crippen LogP contribution in [0.2, 0.25) is 15.1 Å². The molecule has 7 heteroatoms. The highest BCUT2D eigenvalue weighted by Crippen LogP contribution is 2.29. The first kappa shape index (κ1) is 19.1.